The van der Waals surface area contributed by atoms with E-state index in [0.29, 0.717) is 6.04 Å². The van der Waals surface area contributed by atoms with Crippen LogP contribution in [0.5, 0.6) is 0 Å². The average Bonchev–Trinajstić information content (AvgIpc) is 2.96. The second kappa shape index (κ2) is 5.03. The molecule has 15 heavy (non-hydrogen) atoms. The maximum Gasteiger partial charge on any atom is 0.0772 e. The Morgan fingerprint density at radius 3 is 2.87 bits per heavy atom. The van der Waals surface area contributed by atoms with Gasteiger partial charge in [-0.05, 0) is 43.8 Å². The first kappa shape index (κ1) is 11.0. The molecule has 4 heteroatoms. The molecular weight excluding hydrogens is 206 g/mol. The molecule has 84 valence electrons. The van der Waals surface area contributed by atoms with Crippen LogP contribution in [0, 0.1) is 12.8 Å². The van der Waals surface area contributed by atoms with E-state index in [1.165, 1.54) is 30.6 Å². The standard InChI is InChI=1S/C11H19N3S/c1-3-12-10(7-6-9-4-5-9)11-8(2)13-14-15-11/h9-10,12H,3-7H2,1-2H3. The summed E-state index contributed by atoms with van der Waals surface area (Å²) in [6, 6.07) is 0.482. The Morgan fingerprint density at radius 2 is 2.33 bits per heavy atom. The van der Waals surface area contributed by atoms with E-state index in [2.05, 4.69) is 28.8 Å². The lowest BCUT2D eigenvalue weighted by Crippen LogP contribution is -2.20. The molecule has 1 saturated carbocycles. The van der Waals surface area contributed by atoms with Gasteiger partial charge in [0.15, 0.2) is 0 Å². The molecule has 0 aromatic carbocycles. The molecule has 1 aromatic rings. The van der Waals surface area contributed by atoms with Crippen LogP contribution in [0.3, 0.4) is 0 Å². The minimum absolute atomic E-state index is 0.482. The van der Waals surface area contributed by atoms with Gasteiger partial charge in [0.05, 0.1) is 10.6 Å². The summed E-state index contributed by atoms with van der Waals surface area (Å²) >= 11 is 1.55. The first-order chi connectivity index (χ1) is 7.31. The SMILES string of the molecule is CCNC(CCC1CC1)c1snnc1C. The summed E-state index contributed by atoms with van der Waals surface area (Å²) in [6.45, 7) is 5.24. The summed E-state index contributed by atoms with van der Waals surface area (Å²) < 4.78 is 4.02. The Morgan fingerprint density at radius 1 is 1.53 bits per heavy atom. The van der Waals surface area contributed by atoms with Crippen LogP contribution in [0.4, 0.5) is 0 Å². The fourth-order valence-electron chi connectivity index (χ4n) is 1.94. The van der Waals surface area contributed by atoms with E-state index in [1.807, 2.05) is 0 Å². The van der Waals surface area contributed by atoms with Crippen LogP contribution in [0.25, 0.3) is 0 Å². The molecule has 1 unspecified atom stereocenters. The Kier molecular flexibility index (Phi) is 3.70. The summed E-state index contributed by atoms with van der Waals surface area (Å²) in [4.78, 5) is 1.33. The summed E-state index contributed by atoms with van der Waals surface area (Å²) in [5, 5.41) is 7.63. The topological polar surface area (TPSA) is 37.8 Å². The first-order valence-corrected chi connectivity index (χ1v) is 6.60. The van der Waals surface area contributed by atoms with Crippen LogP contribution in [0.1, 0.15) is 49.2 Å². The predicted octanol–water partition coefficient (Wildman–Crippen LogP) is 2.69. The van der Waals surface area contributed by atoms with Gasteiger partial charge in [-0.2, -0.15) is 0 Å². The van der Waals surface area contributed by atoms with Crippen molar-refractivity contribution >= 4 is 11.5 Å². The van der Waals surface area contributed by atoms with E-state index in [1.54, 1.807) is 11.5 Å². The molecule has 1 fully saturated rings. The van der Waals surface area contributed by atoms with Gasteiger partial charge in [-0.3, -0.25) is 0 Å². The molecule has 1 aliphatic carbocycles. The summed E-state index contributed by atoms with van der Waals surface area (Å²) in [7, 11) is 0. The zero-order chi connectivity index (χ0) is 10.7. The van der Waals surface area contributed by atoms with E-state index in [4.69, 9.17) is 0 Å². The molecule has 1 aliphatic rings. The number of aromatic nitrogens is 2. The number of nitrogens with zero attached hydrogens (tertiary/aromatic N) is 2. The lowest BCUT2D eigenvalue weighted by atomic mass is 10.1. The number of aryl methyl sites for hydroxylation is 1. The summed E-state index contributed by atoms with van der Waals surface area (Å²) in [5.74, 6) is 1.01. The van der Waals surface area contributed by atoms with Crippen molar-refractivity contribution in [1.82, 2.24) is 14.9 Å². The fraction of sp³-hybridized carbons (Fsp3) is 0.818. The van der Waals surface area contributed by atoms with Crippen LogP contribution >= 0.6 is 11.5 Å². The average molecular weight is 225 g/mol. The van der Waals surface area contributed by atoms with E-state index < -0.39 is 0 Å². The Labute approximate surface area is 95.4 Å². The van der Waals surface area contributed by atoms with E-state index in [9.17, 15) is 0 Å². The third kappa shape index (κ3) is 2.98. The van der Waals surface area contributed by atoms with E-state index in [0.717, 1.165) is 18.2 Å². The van der Waals surface area contributed by atoms with Crippen LogP contribution in [0.15, 0.2) is 0 Å². The molecule has 1 heterocycles. The van der Waals surface area contributed by atoms with Crippen molar-refractivity contribution in [2.75, 3.05) is 6.54 Å². The largest absolute Gasteiger partial charge is 0.309 e. The second-order valence-corrected chi connectivity index (χ2v) is 5.14. The molecule has 0 bridgehead atoms. The molecule has 1 atom stereocenters. The minimum Gasteiger partial charge on any atom is -0.309 e. The van der Waals surface area contributed by atoms with Gasteiger partial charge in [0.25, 0.3) is 0 Å². The molecular formula is C11H19N3S. The molecule has 1 N–H and O–H groups in total. The third-order valence-electron chi connectivity index (χ3n) is 3.01. The van der Waals surface area contributed by atoms with Crippen molar-refractivity contribution in [2.24, 2.45) is 5.92 Å². The number of hydrogen-bond donors (Lipinski definition) is 1. The zero-order valence-electron chi connectivity index (χ0n) is 9.49. The van der Waals surface area contributed by atoms with Gasteiger partial charge in [-0.25, -0.2) is 0 Å². The molecule has 0 aliphatic heterocycles. The zero-order valence-corrected chi connectivity index (χ0v) is 10.3. The quantitative estimate of drug-likeness (QED) is 0.809. The van der Waals surface area contributed by atoms with Gasteiger partial charge >= 0.3 is 0 Å². The highest BCUT2D eigenvalue weighted by Crippen LogP contribution is 2.36. The minimum atomic E-state index is 0.482. The Balaban J connectivity index is 1.94. The summed E-state index contributed by atoms with van der Waals surface area (Å²) in [5.41, 5.74) is 1.10. The van der Waals surface area contributed by atoms with Crippen LogP contribution in [-0.4, -0.2) is 16.1 Å². The maximum atomic E-state index is 4.09. The van der Waals surface area contributed by atoms with Gasteiger partial charge in [-0.1, -0.05) is 24.3 Å². The van der Waals surface area contributed by atoms with Crippen LogP contribution < -0.4 is 5.32 Å². The fourth-order valence-corrected chi connectivity index (χ4v) is 2.69. The highest BCUT2D eigenvalue weighted by molar-refractivity contribution is 7.05. The van der Waals surface area contributed by atoms with Crippen molar-refractivity contribution in [1.29, 1.82) is 0 Å². The normalized spacial score (nSPS) is 18.0. The number of hydrogen-bond acceptors (Lipinski definition) is 4. The van der Waals surface area contributed by atoms with Crippen LogP contribution in [-0.2, 0) is 0 Å². The molecule has 3 nitrogen and oxygen atoms in total. The highest BCUT2D eigenvalue weighted by atomic mass is 32.1. The van der Waals surface area contributed by atoms with Gasteiger partial charge in [0.2, 0.25) is 0 Å². The molecule has 0 amide bonds. The van der Waals surface area contributed by atoms with E-state index >= 15 is 0 Å². The Bertz CT molecular complexity index is 307. The number of rotatable bonds is 6. The van der Waals surface area contributed by atoms with Crippen molar-refractivity contribution in [2.45, 2.75) is 45.6 Å². The van der Waals surface area contributed by atoms with Gasteiger partial charge in [0, 0.05) is 6.04 Å². The van der Waals surface area contributed by atoms with Gasteiger partial charge in [-0.15, -0.1) is 5.10 Å². The molecule has 2 rings (SSSR count). The molecule has 0 radical (unpaired) electrons. The summed E-state index contributed by atoms with van der Waals surface area (Å²) in [6.07, 6.45) is 5.48. The highest BCUT2D eigenvalue weighted by Gasteiger charge is 2.24. The first-order valence-electron chi connectivity index (χ1n) is 5.83. The Hall–Kier alpha value is -0.480. The monoisotopic (exact) mass is 225 g/mol. The van der Waals surface area contributed by atoms with Crippen molar-refractivity contribution < 1.29 is 0 Å². The maximum absolute atomic E-state index is 4.09. The second-order valence-electron chi connectivity index (χ2n) is 4.35. The lowest BCUT2D eigenvalue weighted by Gasteiger charge is -2.15. The van der Waals surface area contributed by atoms with Gasteiger partial charge < -0.3 is 5.32 Å². The lowest BCUT2D eigenvalue weighted by molar-refractivity contribution is 0.485. The van der Waals surface area contributed by atoms with Crippen molar-refractivity contribution in [3.63, 3.8) is 0 Å². The predicted molar refractivity (Wildman–Crippen MR) is 63.0 cm³/mol. The van der Waals surface area contributed by atoms with Crippen molar-refractivity contribution in [3.8, 4) is 0 Å². The smallest absolute Gasteiger partial charge is 0.0772 e. The van der Waals surface area contributed by atoms with Crippen molar-refractivity contribution in [3.05, 3.63) is 10.6 Å². The van der Waals surface area contributed by atoms with E-state index in [-0.39, 0.29) is 0 Å². The molecule has 0 spiro atoms. The molecule has 1 aromatic heterocycles. The van der Waals surface area contributed by atoms with Gasteiger partial charge in [0.1, 0.15) is 0 Å². The van der Waals surface area contributed by atoms with Crippen LogP contribution in [0.2, 0.25) is 0 Å². The third-order valence-corrected chi connectivity index (χ3v) is 3.95. The molecule has 0 saturated heterocycles. The number of nitrogens with one attached hydrogen (secondary N) is 1.